The molecule has 0 fully saturated rings. The predicted molar refractivity (Wildman–Crippen MR) is 72.7 cm³/mol. The van der Waals surface area contributed by atoms with Crippen LogP contribution in [0.15, 0.2) is 36.0 Å². The van der Waals surface area contributed by atoms with Crippen molar-refractivity contribution in [2.45, 2.75) is 40.0 Å². The summed E-state index contributed by atoms with van der Waals surface area (Å²) in [6.45, 7) is 6.50. The van der Waals surface area contributed by atoms with E-state index >= 15 is 0 Å². The molecule has 0 aliphatic carbocycles. The Bertz CT molecular complexity index is 294. The average Bonchev–Trinajstić information content (AvgIpc) is 2.27. The molecule has 0 aromatic heterocycles. The van der Waals surface area contributed by atoms with Crippen molar-refractivity contribution in [3.63, 3.8) is 0 Å². The van der Waals surface area contributed by atoms with Gasteiger partial charge in [0.2, 0.25) is 0 Å². The van der Waals surface area contributed by atoms with E-state index in [0.29, 0.717) is 5.92 Å². The molecule has 1 atom stereocenters. The lowest BCUT2D eigenvalue weighted by atomic mass is 10.0. The zero-order valence-corrected chi connectivity index (χ0v) is 11.4. The Labute approximate surface area is 105 Å². The molecular formula is C15H24O2. The molecule has 0 aromatic carbocycles. The third-order valence-corrected chi connectivity index (χ3v) is 2.43. The largest absolute Gasteiger partial charge is 0.466 e. The highest BCUT2D eigenvalue weighted by molar-refractivity contribution is 5.82. The number of carbonyl (C=O) groups is 1. The van der Waals surface area contributed by atoms with Gasteiger partial charge in [0, 0.05) is 6.08 Å². The van der Waals surface area contributed by atoms with E-state index in [1.54, 1.807) is 6.08 Å². The van der Waals surface area contributed by atoms with Crippen LogP contribution in [0.25, 0.3) is 0 Å². The van der Waals surface area contributed by atoms with Crippen LogP contribution in [-0.4, -0.2) is 13.1 Å². The molecule has 0 aliphatic rings. The van der Waals surface area contributed by atoms with Gasteiger partial charge in [-0.2, -0.15) is 0 Å². The van der Waals surface area contributed by atoms with Gasteiger partial charge in [0.15, 0.2) is 0 Å². The normalized spacial score (nSPS) is 12.9. The number of hydrogen-bond acceptors (Lipinski definition) is 2. The van der Waals surface area contributed by atoms with Crippen molar-refractivity contribution in [3.05, 3.63) is 36.0 Å². The maximum absolute atomic E-state index is 10.8. The van der Waals surface area contributed by atoms with Crippen molar-refractivity contribution in [1.29, 1.82) is 0 Å². The molecule has 2 nitrogen and oxygen atoms in total. The fourth-order valence-corrected chi connectivity index (χ4v) is 1.37. The second-order valence-corrected chi connectivity index (χ2v) is 4.51. The predicted octanol–water partition coefficient (Wildman–Crippen LogP) is 4.04. The van der Waals surface area contributed by atoms with E-state index in [1.807, 2.05) is 6.08 Å². The van der Waals surface area contributed by atoms with Crippen LogP contribution in [0, 0.1) is 5.92 Å². The Morgan fingerprint density at radius 3 is 2.59 bits per heavy atom. The minimum absolute atomic E-state index is 0.314. The van der Waals surface area contributed by atoms with Crippen molar-refractivity contribution < 1.29 is 9.53 Å². The van der Waals surface area contributed by atoms with Crippen LogP contribution in [0.4, 0.5) is 0 Å². The molecule has 0 spiro atoms. The molecule has 0 saturated heterocycles. The summed E-state index contributed by atoms with van der Waals surface area (Å²) < 4.78 is 4.49. The Hall–Kier alpha value is -1.31. The number of hydrogen-bond donors (Lipinski definition) is 0. The standard InChI is InChI=1S/C15H24O2/c1-13(2)9-8-11-14(3)10-6-5-7-12-15(16)17-4/h5-7,9,12,14H,8,10-11H2,1-4H3. The van der Waals surface area contributed by atoms with Gasteiger partial charge in [-0.25, -0.2) is 4.79 Å². The van der Waals surface area contributed by atoms with Crippen LogP contribution in [0.5, 0.6) is 0 Å². The summed E-state index contributed by atoms with van der Waals surface area (Å²) in [6, 6.07) is 0. The van der Waals surface area contributed by atoms with Crippen molar-refractivity contribution >= 4 is 5.97 Å². The fourth-order valence-electron chi connectivity index (χ4n) is 1.37. The van der Waals surface area contributed by atoms with Crippen molar-refractivity contribution in [1.82, 2.24) is 0 Å². The van der Waals surface area contributed by atoms with E-state index in [0.717, 1.165) is 12.8 Å². The maximum atomic E-state index is 10.8. The third kappa shape index (κ3) is 11.0. The van der Waals surface area contributed by atoms with Gasteiger partial charge in [0.25, 0.3) is 0 Å². The molecule has 0 N–H and O–H groups in total. The molecule has 0 rings (SSSR count). The van der Waals surface area contributed by atoms with Crippen LogP contribution >= 0.6 is 0 Å². The topological polar surface area (TPSA) is 26.3 Å². The van der Waals surface area contributed by atoms with E-state index in [2.05, 4.69) is 37.7 Å². The van der Waals surface area contributed by atoms with Gasteiger partial charge in [-0.1, -0.05) is 36.8 Å². The minimum Gasteiger partial charge on any atom is -0.466 e. The highest BCUT2D eigenvalue weighted by Gasteiger charge is 1.97. The summed E-state index contributed by atoms with van der Waals surface area (Å²) in [4.78, 5) is 10.8. The van der Waals surface area contributed by atoms with Crippen LogP contribution in [0.1, 0.15) is 40.0 Å². The Morgan fingerprint density at radius 2 is 2.00 bits per heavy atom. The molecule has 0 aliphatic heterocycles. The van der Waals surface area contributed by atoms with Gasteiger partial charge >= 0.3 is 5.97 Å². The van der Waals surface area contributed by atoms with Gasteiger partial charge in [0.05, 0.1) is 7.11 Å². The smallest absolute Gasteiger partial charge is 0.330 e. The summed E-state index contributed by atoms with van der Waals surface area (Å²) in [5, 5.41) is 0. The second-order valence-electron chi connectivity index (χ2n) is 4.51. The molecular weight excluding hydrogens is 212 g/mol. The molecule has 0 aromatic rings. The lowest BCUT2D eigenvalue weighted by Gasteiger charge is -2.05. The molecule has 0 saturated carbocycles. The van der Waals surface area contributed by atoms with Crippen molar-refractivity contribution in [3.8, 4) is 0 Å². The molecule has 0 radical (unpaired) electrons. The first-order valence-electron chi connectivity index (χ1n) is 6.10. The summed E-state index contributed by atoms with van der Waals surface area (Å²) in [7, 11) is 1.38. The van der Waals surface area contributed by atoms with Gasteiger partial charge in [-0.3, -0.25) is 0 Å². The molecule has 0 amide bonds. The maximum Gasteiger partial charge on any atom is 0.330 e. The number of ether oxygens (including phenoxy) is 1. The monoisotopic (exact) mass is 236 g/mol. The highest BCUT2D eigenvalue weighted by atomic mass is 16.5. The third-order valence-electron chi connectivity index (χ3n) is 2.43. The Morgan fingerprint density at radius 1 is 1.29 bits per heavy atom. The lowest BCUT2D eigenvalue weighted by Crippen LogP contribution is -1.93. The summed E-state index contributed by atoms with van der Waals surface area (Å²) in [5.41, 5.74) is 1.38. The van der Waals surface area contributed by atoms with E-state index in [4.69, 9.17) is 0 Å². The highest BCUT2D eigenvalue weighted by Crippen LogP contribution is 2.12. The van der Waals surface area contributed by atoms with E-state index in [-0.39, 0.29) is 5.97 Å². The molecule has 96 valence electrons. The Balaban J connectivity index is 3.72. The van der Waals surface area contributed by atoms with Gasteiger partial charge < -0.3 is 4.74 Å². The van der Waals surface area contributed by atoms with Gasteiger partial charge in [0.1, 0.15) is 0 Å². The molecule has 0 bridgehead atoms. The molecule has 2 heteroatoms. The molecule has 17 heavy (non-hydrogen) atoms. The van der Waals surface area contributed by atoms with Gasteiger partial charge in [-0.05, 0) is 39.0 Å². The van der Waals surface area contributed by atoms with Crippen LogP contribution in [-0.2, 0) is 9.53 Å². The lowest BCUT2D eigenvalue weighted by molar-refractivity contribution is -0.134. The number of esters is 1. The summed E-state index contributed by atoms with van der Waals surface area (Å²) in [5.74, 6) is 0.361. The van der Waals surface area contributed by atoms with Crippen LogP contribution in [0.3, 0.4) is 0 Å². The zero-order valence-electron chi connectivity index (χ0n) is 11.4. The quantitative estimate of drug-likeness (QED) is 0.288. The summed E-state index contributed by atoms with van der Waals surface area (Å²) in [6.07, 6.45) is 12.8. The van der Waals surface area contributed by atoms with E-state index < -0.39 is 0 Å². The van der Waals surface area contributed by atoms with E-state index in [9.17, 15) is 4.79 Å². The first-order chi connectivity index (χ1) is 8.06. The fraction of sp³-hybridized carbons (Fsp3) is 0.533. The van der Waals surface area contributed by atoms with Crippen molar-refractivity contribution in [2.75, 3.05) is 7.11 Å². The molecule has 0 heterocycles. The molecule has 1 unspecified atom stereocenters. The minimum atomic E-state index is -0.314. The summed E-state index contributed by atoms with van der Waals surface area (Å²) >= 11 is 0. The first-order valence-corrected chi connectivity index (χ1v) is 6.10. The number of allylic oxidation sites excluding steroid dienone is 5. The number of rotatable bonds is 7. The SMILES string of the molecule is COC(=O)C=CC=CCC(C)CCC=C(C)C. The van der Waals surface area contributed by atoms with E-state index in [1.165, 1.54) is 25.2 Å². The second kappa shape index (κ2) is 9.88. The van der Waals surface area contributed by atoms with Crippen molar-refractivity contribution in [2.24, 2.45) is 5.92 Å². The van der Waals surface area contributed by atoms with Gasteiger partial charge in [-0.15, -0.1) is 0 Å². The number of methoxy groups -OCH3 is 1. The Kier molecular flexibility index (Phi) is 9.12. The van der Waals surface area contributed by atoms with Crippen LogP contribution in [0.2, 0.25) is 0 Å². The average molecular weight is 236 g/mol. The van der Waals surface area contributed by atoms with Crippen LogP contribution < -0.4 is 0 Å². The first kappa shape index (κ1) is 15.7. The number of carbonyl (C=O) groups excluding carboxylic acids is 1. The zero-order chi connectivity index (χ0) is 13.1.